The van der Waals surface area contributed by atoms with Gasteiger partial charge in [0.15, 0.2) is 0 Å². The lowest BCUT2D eigenvalue weighted by Crippen LogP contribution is -2.55. The molecule has 0 amide bonds. The summed E-state index contributed by atoms with van der Waals surface area (Å²) < 4.78 is 6.33. The summed E-state index contributed by atoms with van der Waals surface area (Å²) in [5.74, 6) is 2.93. The van der Waals surface area contributed by atoms with Crippen LogP contribution in [-0.2, 0) is 6.54 Å². The molecule has 1 aromatic heterocycles. The van der Waals surface area contributed by atoms with Crippen molar-refractivity contribution in [2.45, 2.75) is 38.3 Å². The fraction of sp³-hybridized carbons (Fsp3) is 0.407. The van der Waals surface area contributed by atoms with E-state index in [9.17, 15) is 0 Å². The Morgan fingerprint density at radius 1 is 1.12 bits per heavy atom. The maximum Gasteiger partial charge on any atom is 0.126 e. The second-order valence-electron chi connectivity index (χ2n) is 9.22. The largest absolute Gasteiger partial charge is 0.497 e. The van der Waals surface area contributed by atoms with Crippen molar-refractivity contribution in [1.82, 2.24) is 20.2 Å². The zero-order chi connectivity index (χ0) is 22.8. The molecule has 0 spiro atoms. The number of hydrogen-bond acceptors (Lipinski definition) is 5. The van der Waals surface area contributed by atoms with Crippen molar-refractivity contribution in [3.05, 3.63) is 76.2 Å². The van der Waals surface area contributed by atoms with Gasteiger partial charge in [-0.2, -0.15) is 0 Å². The molecule has 4 atom stereocenters. The predicted octanol–water partition coefficient (Wildman–Crippen LogP) is 5.19. The molecule has 2 bridgehead atoms. The highest BCUT2D eigenvalue weighted by Gasteiger charge is 2.41. The number of hydrogen-bond donors (Lipinski definition) is 1. The molecule has 6 rings (SSSR count). The van der Waals surface area contributed by atoms with E-state index in [2.05, 4.69) is 62.5 Å². The van der Waals surface area contributed by atoms with Crippen LogP contribution in [0.25, 0.3) is 11.3 Å². The molecule has 3 saturated heterocycles. The van der Waals surface area contributed by atoms with E-state index >= 15 is 0 Å². The lowest BCUT2D eigenvalue weighted by molar-refractivity contribution is 0.0292. The van der Waals surface area contributed by atoms with Crippen LogP contribution in [0.2, 0.25) is 0 Å². The van der Waals surface area contributed by atoms with Crippen molar-refractivity contribution in [3.8, 4) is 17.0 Å². The minimum atomic E-state index is 0.486. The van der Waals surface area contributed by atoms with Crippen molar-refractivity contribution >= 4 is 15.9 Å². The molecule has 1 N–H and O–H groups in total. The third kappa shape index (κ3) is 4.98. The minimum Gasteiger partial charge on any atom is -0.497 e. The molecule has 3 aliphatic rings. The molecule has 0 radical (unpaired) electrons. The topological polar surface area (TPSA) is 50.3 Å². The monoisotopic (exact) mass is 506 g/mol. The van der Waals surface area contributed by atoms with Crippen LogP contribution in [0.3, 0.4) is 0 Å². The Kier molecular flexibility index (Phi) is 6.76. The number of nitrogens with one attached hydrogen (secondary N) is 1. The normalized spacial score (nSPS) is 24.1. The fourth-order valence-corrected chi connectivity index (χ4v) is 5.89. The average Bonchev–Trinajstić information content (AvgIpc) is 2.85. The van der Waals surface area contributed by atoms with Gasteiger partial charge in [0, 0.05) is 47.3 Å². The quantitative estimate of drug-likeness (QED) is 0.477. The third-order valence-electron chi connectivity index (χ3n) is 7.13. The Hall–Kier alpha value is -2.28. The summed E-state index contributed by atoms with van der Waals surface area (Å²) in [5.41, 5.74) is 4.64. The highest BCUT2D eigenvalue weighted by molar-refractivity contribution is 9.10. The average molecular weight is 507 g/mol. The molecule has 172 valence electrons. The van der Waals surface area contributed by atoms with Gasteiger partial charge in [0.05, 0.1) is 12.8 Å². The van der Waals surface area contributed by atoms with Gasteiger partial charge in [-0.15, -0.1) is 0 Å². The lowest BCUT2D eigenvalue weighted by atomic mass is 9.74. The summed E-state index contributed by atoms with van der Waals surface area (Å²) in [6, 6.07) is 19.4. The summed E-state index contributed by atoms with van der Waals surface area (Å²) in [6.45, 7) is 6.21. The van der Waals surface area contributed by atoms with Gasteiger partial charge in [-0.1, -0.05) is 46.3 Å². The van der Waals surface area contributed by atoms with Gasteiger partial charge in [0.2, 0.25) is 0 Å². The first-order valence-corrected chi connectivity index (χ1v) is 12.6. The van der Waals surface area contributed by atoms with E-state index in [1.165, 1.54) is 30.6 Å². The molecule has 0 aliphatic carbocycles. The second kappa shape index (κ2) is 9.92. The number of rotatable bonds is 7. The van der Waals surface area contributed by atoms with Crippen LogP contribution in [0.1, 0.15) is 35.8 Å². The molecule has 2 aromatic carbocycles. The summed E-state index contributed by atoms with van der Waals surface area (Å²) in [5, 5.41) is 3.68. The number of benzene rings is 2. The zero-order valence-electron chi connectivity index (χ0n) is 19.3. The standard InChI is InChI=1S/C27H31BrN4O/c1-18-30-26(23-5-3-4-6-25(23)28)14-27(31-18)24-17-32-12-11-20(24)13-21(32)16-29-15-19-7-9-22(33-2)10-8-19/h3-10,14,20-21,24,29H,11-13,15-17H2,1-2H3/t20-,21+,24-/m0/s1. The van der Waals surface area contributed by atoms with Crippen LogP contribution in [0.4, 0.5) is 0 Å². The Morgan fingerprint density at radius 2 is 1.94 bits per heavy atom. The number of aryl methyl sites for hydroxylation is 1. The van der Waals surface area contributed by atoms with E-state index in [4.69, 9.17) is 14.7 Å². The fourth-order valence-electron chi connectivity index (χ4n) is 5.40. The second-order valence-corrected chi connectivity index (χ2v) is 10.1. The van der Waals surface area contributed by atoms with Crippen molar-refractivity contribution in [2.75, 3.05) is 26.7 Å². The van der Waals surface area contributed by atoms with Crippen molar-refractivity contribution in [2.24, 2.45) is 5.92 Å². The van der Waals surface area contributed by atoms with Crippen LogP contribution in [0.15, 0.2) is 59.1 Å². The van der Waals surface area contributed by atoms with E-state index in [1.54, 1.807) is 7.11 Å². The molecule has 0 saturated carbocycles. The molecule has 3 aromatic rings. The maximum absolute atomic E-state index is 5.26. The third-order valence-corrected chi connectivity index (χ3v) is 7.83. The Morgan fingerprint density at radius 3 is 2.67 bits per heavy atom. The SMILES string of the molecule is COc1ccc(CNC[C@H]2C[C@@H]3CCN2C[C@@H]3c2cc(-c3ccccc3Br)nc(C)n2)cc1. The van der Waals surface area contributed by atoms with Crippen molar-refractivity contribution in [1.29, 1.82) is 0 Å². The Balaban J connectivity index is 1.24. The number of fused-ring (bicyclic) bond motifs is 3. The first kappa shape index (κ1) is 22.5. The zero-order valence-corrected chi connectivity index (χ0v) is 20.9. The first-order chi connectivity index (χ1) is 16.1. The number of piperidine rings is 3. The highest BCUT2D eigenvalue weighted by Crippen LogP contribution is 2.42. The van der Waals surface area contributed by atoms with Gasteiger partial charge in [0.25, 0.3) is 0 Å². The highest BCUT2D eigenvalue weighted by atomic mass is 79.9. The van der Waals surface area contributed by atoms with Crippen molar-refractivity contribution in [3.63, 3.8) is 0 Å². The van der Waals surface area contributed by atoms with E-state index in [0.717, 1.165) is 46.9 Å². The van der Waals surface area contributed by atoms with Crippen LogP contribution in [0.5, 0.6) is 5.75 Å². The molecule has 3 fully saturated rings. The molecular formula is C27H31BrN4O. The summed E-state index contributed by atoms with van der Waals surface area (Å²) in [6.07, 6.45) is 2.49. The van der Waals surface area contributed by atoms with Crippen LogP contribution >= 0.6 is 15.9 Å². The molecule has 5 nitrogen and oxygen atoms in total. The molecular weight excluding hydrogens is 476 g/mol. The summed E-state index contributed by atoms with van der Waals surface area (Å²) in [7, 11) is 1.71. The van der Waals surface area contributed by atoms with Crippen LogP contribution in [-0.4, -0.2) is 47.7 Å². The number of ether oxygens (including phenoxy) is 1. The smallest absolute Gasteiger partial charge is 0.126 e. The number of methoxy groups -OCH3 is 1. The van der Waals surface area contributed by atoms with Crippen LogP contribution < -0.4 is 10.1 Å². The Bertz CT molecular complexity index is 1100. The van der Waals surface area contributed by atoms with Gasteiger partial charge in [-0.05, 0) is 62.1 Å². The molecule has 3 aliphatic heterocycles. The van der Waals surface area contributed by atoms with E-state index < -0.39 is 0 Å². The predicted molar refractivity (Wildman–Crippen MR) is 135 cm³/mol. The van der Waals surface area contributed by atoms with Crippen molar-refractivity contribution < 1.29 is 4.74 Å². The van der Waals surface area contributed by atoms with E-state index in [-0.39, 0.29) is 0 Å². The summed E-state index contributed by atoms with van der Waals surface area (Å²) >= 11 is 3.68. The lowest BCUT2D eigenvalue weighted by Gasteiger charge is -2.50. The number of halogens is 1. The molecule has 1 unspecified atom stereocenters. The summed E-state index contributed by atoms with van der Waals surface area (Å²) in [4.78, 5) is 12.3. The maximum atomic E-state index is 5.26. The van der Waals surface area contributed by atoms with Gasteiger partial charge in [-0.25, -0.2) is 9.97 Å². The first-order valence-electron chi connectivity index (χ1n) is 11.8. The van der Waals surface area contributed by atoms with Crippen LogP contribution in [0, 0.1) is 12.8 Å². The van der Waals surface area contributed by atoms with E-state index in [1.807, 2.05) is 25.1 Å². The molecule has 6 heteroatoms. The van der Waals surface area contributed by atoms with Gasteiger partial charge < -0.3 is 10.1 Å². The number of aromatic nitrogens is 2. The van der Waals surface area contributed by atoms with Gasteiger partial charge >= 0.3 is 0 Å². The molecule has 33 heavy (non-hydrogen) atoms. The van der Waals surface area contributed by atoms with Gasteiger partial charge in [0.1, 0.15) is 11.6 Å². The minimum absolute atomic E-state index is 0.486. The number of nitrogens with zero attached hydrogens (tertiary/aromatic N) is 3. The molecule has 4 heterocycles. The van der Waals surface area contributed by atoms with Gasteiger partial charge in [-0.3, -0.25) is 4.90 Å². The Labute approximate surface area is 204 Å². The van der Waals surface area contributed by atoms with E-state index in [0.29, 0.717) is 17.9 Å².